The van der Waals surface area contributed by atoms with Gasteiger partial charge in [0, 0.05) is 24.8 Å². The van der Waals surface area contributed by atoms with Gasteiger partial charge in [-0.05, 0) is 38.8 Å². The molecule has 0 spiro atoms. The Morgan fingerprint density at radius 1 is 1.47 bits per heavy atom. The summed E-state index contributed by atoms with van der Waals surface area (Å²) >= 11 is 0. The lowest BCUT2D eigenvalue weighted by molar-refractivity contribution is 0.0444. The third kappa shape index (κ3) is 3.41. The highest BCUT2D eigenvalue weighted by atomic mass is 16.3. The summed E-state index contributed by atoms with van der Waals surface area (Å²) < 4.78 is 0. The molecule has 2 N–H and O–H groups in total. The summed E-state index contributed by atoms with van der Waals surface area (Å²) in [5.41, 5.74) is 0.246. The molecule has 1 fully saturated rings. The molecule has 0 saturated carbocycles. The van der Waals surface area contributed by atoms with Gasteiger partial charge in [-0.3, -0.25) is 9.69 Å². The van der Waals surface area contributed by atoms with Crippen LogP contribution in [0.1, 0.15) is 31.7 Å². The van der Waals surface area contributed by atoms with E-state index in [1.54, 1.807) is 6.20 Å². The molecule has 2 heterocycles. The zero-order valence-electron chi connectivity index (χ0n) is 10.3. The highest BCUT2D eigenvalue weighted by molar-refractivity contribution is 5.08. The fourth-order valence-electron chi connectivity index (χ4n) is 2.30. The van der Waals surface area contributed by atoms with E-state index in [0.717, 1.165) is 37.9 Å². The Bertz CT molecular complexity index is 425. The standard InChI is InChI=1S/C13H20N2O2/c1-13(17)5-3-8-15(9-6-13)10-11-4-2-7-14-12(11)16/h2,4,7,17H,3,5-6,8-10H2,1H3,(H,14,16). The number of H-pyrrole nitrogens is 1. The van der Waals surface area contributed by atoms with Crippen LogP contribution in [0.4, 0.5) is 0 Å². The van der Waals surface area contributed by atoms with Crippen LogP contribution in [0.5, 0.6) is 0 Å². The van der Waals surface area contributed by atoms with E-state index in [1.807, 2.05) is 19.1 Å². The van der Waals surface area contributed by atoms with E-state index in [0.29, 0.717) is 6.54 Å². The molecule has 4 heteroatoms. The van der Waals surface area contributed by atoms with Crippen LogP contribution < -0.4 is 5.56 Å². The number of rotatable bonds is 2. The van der Waals surface area contributed by atoms with Crippen molar-refractivity contribution in [2.75, 3.05) is 13.1 Å². The quantitative estimate of drug-likeness (QED) is 0.809. The third-order valence-electron chi connectivity index (χ3n) is 3.45. The highest BCUT2D eigenvalue weighted by Gasteiger charge is 2.24. The minimum Gasteiger partial charge on any atom is -0.390 e. The molecule has 1 aromatic rings. The van der Waals surface area contributed by atoms with E-state index in [2.05, 4.69) is 9.88 Å². The van der Waals surface area contributed by atoms with E-state index >= 15 is 0 Å². The van der Waals surface area contributed by atoms with Gasteiger partial charge in [-0.15, -0.1) is 0 Å². The maximum Gasteiger partial charge on any atom is 0.252 e. The Morgan fingerprint density at radius 2 is 2.29 bits per heavy atom. The molecular formula is C13H20N2O2. The number of nitrogens with zero attached hydrogens (tertiary/aromatic N) is 1. The Kier molecular flexibility index (Phi) is 3.64. The lowest BCUT2D eigenvalue weighted by Crippen LogP contribution is -2.30. The smallest absolute Gasteiger partial charge is 0.252 e. The van der Waals surface area contributed by atoms with Crippen molar-refractivity contribution in [2.24, 2.45) is 0 Å². The molecule has 2 rings (SSSR count). The fourth-order valence-corrected chi connectivity index (χ4v) is 2.30. The first kappa shape index (κ1) is 12.3. The number of aliphatic hydroxyl groups is 1. The molecule has 0 bridgehead atoms. The average molecular weight is 236 g/mol. The Balaban J connectivity index is 2.00. The van der Waals surface area contributed by atoms with Crippen molar-refractivity contribution in [2.45, 2.75) is 38.3 Å². The maximum atomic E-state index is 11.6. The summed E-state index contributed by atoms with van der Waals surface area (Å²) in [6.45, 7) is 4.36. The SMILES string of the molecule is CC1(O)CCCN(Cc2ccc[nH]c2=O)CC1. The van der Waals surface area contributed by atoms with E-state index in [4.69, 9.17) is 0 Å². The summed E-state index contributed by atoms with van der Waals surface area (Å²) in [6, 6.07) is 3.71. The van der Waals surface area contributed by atoms with Gasteiger partial charge in [0.1, 0.15) is 0 Å². The molecule has 1 aromatic heterocycles. The van der Waals surface area contributed by atoms with Gasteiger partial charge in [0.05, 0.1) is 5.60 Å². The van der Waals surface area contributed by atoms with Crippen molar-refractivity contribution < 1.29 is 5.11 Å². The number of aromatic amines is 1. The van der Waals surface area contributed by atoms with E-state index in [-0.39, 0.29) is 5.56 Å². The largest absolute Gasteiger partial charge is 0.390 e. The van der Waals surface area contributed by atoms with Crippen LogP contribution in [0.3, 0.4) is 0 Å². The number of pyridine rings is 1. The molecule has 0 aliphatic carbocycles. The lowest BCUT2D eigenvalue weighted by atomic mass is 9.98. The molecule has 1 unspecified atom stereocenters. The maximum absolute atomic E-state index is 11.6. The topological polar surface area (TPSA) is 56.3 Å². The van der Waals surface area contributed by atoms with Crippen molar-refractivity contribution in [3.8, 4) is 0 Å². The summed E-state index contributed by atoms with van der Waals surface area (Å²) in [6.07, 6.45) is 4.25. The molecule has 1 saturated heterocycles. The van der Waals surface area contributed by atoms with Crippen molar-refractivity contribution >= 4 is 0 Å². The van der Waals surface area contributed by atoms with Crippen LogP contribution in [0, 0.1) is 0 Å². The molecule has 4 nitrogen and oxygen atoms in total. The zero-order chi connectivity index (χ0) is 12.3. The first-order valence-electron chi connectivity index (χ1n) is 6.18. The zero-order valence-corrected chi connectivity index (χ0v) is 10.3. The van der Waals surface area contributed by atoms with Crippen molar-refractivity contribution in [1.82, 2.24) is 9.88 Å². The summed E-state index contributed by atoms with van der Waals surface area (Å²) in [5, 5.41) is 10.00. The first-order valence-corrected chi connectivity index (χ1v) is 6.18. The number of likely N-dealkylation sites (tertiary alicyclic amines) is 1. The van der Waals surface area contributed by atoms with Gasteiger partial charge in [0.15, 0.2) is 0 Å². The van der Waals surface area contributed by atoms with Gasteiger partial charge in [0.25, 0.3) is 5.56 Å². The van der Waals surface area contributed by atoms with Gasteiger partial charge in [-0.25, -0.2) is 0 Å². The second-order valence-corrected chi connectivity index (χ2v) is 5.15. The first-order chi connectivity index (χ1) is 8.07. The highest BCUT2D eigenvalue weighted by Crippen LogP contribution is 2.21. The number of nitrogens with one attached hydrogen (secondary N) is 1. The Hall–Kier alpha value is -1.13. The molecule has 1 atom stereocenters. The third-order valence-corrected chi connectivity index (χ3v) is 3.45. The molecule has 0 amide bonds. The van der Waals surface area contributed by atoms with Crippen LogP contribution in [0.2, 0.25) is 0 Å². The monoisotopic (exact) mass is 236 g/mol. The minimum atomic E-state index is -0.544. The average Bonchev–Trinajstić information content (AvgIpc) is 2.44. The molecule has 1 aliphatic rings. The van der Waals surface area contributed by atoms with Crippen molar-refractivity contribution in [3.63, 3.8) is 0 Å². The van der Waals surface area contributed by atoms with E-state index in [1.165, 1.54) is 0 Å². The molecule has 0 aromatic carbocycles. The summed E-state index contributed by atoms with van der Waals surface area (Å²) in [5.74, 6) is 0. The van der Waals surface area contributed by atoms with E-state index in [9.17, 15) is 9.90 Å². The second kappa shape index (κ2) is 5.02. The second-order valence-electron chi connectivity index (χ2n) is 5.15. The number of aromatic nitrogens is 1. The van der Waals surface area contributed by atoms with Crippen LogP contribution in [0.25, 0.3) is 0 Å². The predicted molar refractivity (Wildman–Crippen MR) is 66.8 cm³/mol. The number of hydrogen-bond acceptors (Lipinski definition) is 3. The van der Waals surface area contributed by atoms with Crippen molar-refractivity contribution in [1.29, 1.82) is 0 Å². The van der Waals surface area contributed by atoms with Crippen LogP contribution in [0.15, 0.2) is 23.1 Å². The normalized spacial score (nSPS) is 26.7. The predicted octanol–water partition coefficient (Wildman–Crippen LogP) is 1.11. The number of hydrogen-bond donors (Lipinski definition) is 2. The van der Waals surface area contributed by atoms with E-state index < -0.39 is 5.60 Å². The molecule has 17 heavy (non-hydrogen) atoms. The summed E-state index contributed by atoms with van der Waals surface area (Å²) in [4.78, 5) is 16.5. The molecule has 1 aliphatic heterocycles. The Labute approximate surface area is 101 Å². The van der Waals surface area contributed by atoms with Crippen LogP contribution in [-0.2, 0) is 6.54 Å². The van der Waals surface area contributed by atoms with Gasteiger partial charge >= 0.3 is 0 Å². The van der Waals surface area contributed by atoms with Crippen molar-refractivity contribution in [3.05, 3.63) is 34.2 Å². The van der Waals surface area contributed by atoms with Gasteiger partial charge < -0.3 is 10.1 Å². The molecule has 0 radical (unpaired) electrons. The van der Waals surface area contributed by atoms with Gasteiger partial charge in [-0.2, -0.15) is 0 Å². The van der Waals surface area contributed by atoms with Crippen LogP contribution in [-0.4, -0.2) is 33.7 Å². The fraction of sp³-hybridized carbons (Fsp3) is 0.615. The summed E-state index contributed by atoms with van der Waals surface area (Å²) in [7, 11) is 0. The molecular weight excluding hydrogens is 216 g/mol. The van der Waals surface area contributed by atoms with Crippen LogP contribution >= 0.6 is 0 Å². The minimum absolute atomic E-state index is 0.0106. The van der Waals surface area contributed by atoms with Gasteiger partial charge in [0.2, 0.25) is 0 Å². The van der Waals surface area contributed by atoms with Gasteiger partial charge in [-0.1, -0.05) is 6.07 Å². The lowest BCUT2D eigenvalue weighted by Gasteiger charge is -2.22. The molecule has 94 valence electrons. The Morgan fingerprint density at radius 3 is 3.06 bits per heavy atom.